The summed E-state index contributed by atoms with van der Waals surface area (Å²) in [5, 5.41) is 4.51. The Morgan fingerprint density at radius 1 is 1.48 bits per heavy atom. The maximum atomic E-state index is 12.0. The number of anilines is 1. The van der Waals surface area contributed by atoms with Gasteiger partial charge in [0.25, 0.3) is 0 Å². The first-order valence-electron chi connectivity index (χ1n) is 6.53. The number of halogens is 1. The highest BCUT2D eigenvalue weighted by Gasteiger charge is 2.20. The molecule has 1 saturated heterocycles. The molecular formula is C13H20ClN3O3S. The van der Waals surface area contributed by atoms with E-state index in [1.807, 2.05) is 0 Å². The Morgan fingerprint density at radius 3 is 2.76 bits per heavy atom. The molecule has 0 saturated carbocycles. The number of ether oxygens (including phenoxy) is 1. The van der Waals surface area contributed by atoms with Crippen LogP contribution in [0.3, 0.4) is 0 Å². The molecule has 118 valence electrons. The smallest absolute Gasteiger partial charge is 0.350 e. The second-order valence-electron chi connectivity index (χ2n) is 4.82. The minimum absolute atomic E-state index is 0. The van der Waals surface area contributed by atoms with E-state index >= 15 is 0 Å². The van der Waals surface area contributed by atoms with Gasteiger partial charge in [-0.1, -0.05) is 0 Å². The number of hydrogen-bond acceptors (Lipinski definition) is 6. The van der Waals surface area contributed by atoms with Crippen molar-refractivity contribution < 1.29 is 14.3 Å². The molecule has 0 aliphatic carbocycles. The highest BCUT2D eigenvalue weighted by Crippen LogP contribution is 2.23. The summed E-state index contributed by atoms with van der Waals surface area (Å²) >= 11 is 1.25. The van der Waals surface area contributed by atoms with Crippen molar-refractivity contribution in [1.29, 1.82) is 0 Å². The molecule has 8 heteroatoms. The SMILES string of the molecule is COC(=O)c1sccc1NC(=O)CN1CCC(N)CC1.Cl. The van der Waals surface area contributed by atoms with E-state index in [9.17, 15) is 9.59 Å². The normalized spacial score (nSPS) is 16.1. The summed E-state index contributed by atoms with van der Waals surface area (Å²) in [4.78, 5) is 26.0. The molecule has 21 heavy (non-hydrogen) atoms. The van der Waals surface area contributed by atoms with E-state index in [0.717, 1.165) is 25.9 Å². The van der Waals surface area contributed by atoms with E-state index in [4.69, 9.17) is 5.73 Å². The van der Waals surface area contributed by atoms with E-state index in [1.54, 1.807) is 11.4 Å². The number of hydrogen-bond donors (Lipinski definition) is 2. The van der Waals surface area contributed by atoms with Crippen molar-refractivity contribution in [2.75, 3.05) is 32.1 Å². The van der Waals surface area contributed by atoms with Crippen LogP contribution in [-0.4, -0.2) is 49.6 Å². The van der Waals surface area contributed by atoms with Crippen molar-refractivity contribution in [3.8, 4) is 0 Å². The largest absolute Gasteiger partial charge is 0.465 e. The lowest BCUT2D eigenvalue weighted by atomic mass is 10.1. The third kappa shape index (κ3) is 4.96. The number of amides is 1. The third-order valence-electron chi connectivity index (χ3n) is 3.31. The Kier molecular flexibility index (Phi) is 7.10. The molecule has 2 rings (SSSR count). The van der Waals surface area contributed by atoms with Crippen LogP contribution in [0, 0.1) is 0 Å². The first-order chi connectivity index (χ1) is 9.60. The highest BCUT2D eigenvalue weighted by molar-refractivity contribution is 7.12. The third-order valence-corrected chi connectivity index (χ3v) is 4.20. The topological polar surface area (TPSA) is 84.7 Å². The maximum absolute atomic E-state index is 12.0. The Hall–Kier alpha value is -1.15. The van der Waals surface area contributed by atoms with Gasteiger partial charge in [-0.2, -0.15) is 0 Å². The maximum Gasteiger partial charge on any atom is 0.350 e. The fourth-order valence-electron chi connectivity index (χ4n) is 2.16. The van der Waals surface area contributed by atoms with Gasteiger partial charge in [0.2, 0.25) is 5.91 Å². The minimum Gasteiger partial charge on any atom is -0.465 e. The lowest BCUT2D eigenvalue weighted by Gasteiger charge is -2.29. The van der Waals surface area contributed by atoms with Gasteiger partial charge in [0.1, 0.15) is 4.88 Å². The van der Waals surface area contributed by atoms with Crippen LogP contribution in [0.2, 0.25) is 0 Å². The van der Waals surface area contributed by atoms with Gasteiger partial charge in [0, 0.05) is 19.1 Å². The molecule has 1 amide bonds. The predicted octanol–water partition coefficient (Wildman–Crippen LogP) is 1.32. The lowest BCUT2D eigenvalue weighted by Crippen LogP contribution is -2.43. The van der Waals surface area contributed by atoms with Gasteiger partial charge in [0.05, 0.1) is 19.3 Å². The molecule has 6 nitrogen and oxygen atoms in total. The molecule has 1 aliphatic rings. The molecule has 0 radical (unpaired) electrons. The van der Waals surface area contributed by atoms with Crippen LogP contribution in [0.15, 0.2) is 11.4 Å². The fourth-order valence-corrected chi connectivity index (χ4v) is 2.93. The van der Waals surface area contributed by atoms with Crippen molar-refractivity contribution in [2.45, 2.75) is 18.9 Å². The Bertz CT molecular complexity index is 487. The molecule has 1 aromatic rings. The van der Waals surface area contributed by atoms with Crippen LogP contribution < -0.4 is 11.1 Å². The summed E-state index contributed by atoms with van der Waals surface area (Å²) in [6, 6.07) is 1.96. The number of piperidine rings is 1. The number of nitrogens with zero attached hydrogens (tertiary/aromatic N) is 1. The predicted molar refractivity (Wildman–Crippen MR) is 85.2 cm³/mol. The van der Waals surface area contributed by atoms with Crippen LogP contribution in [0.4, 0.5) is 5.69 Å². The van der Waals surface area contributed by atoms with Crippen LogP contribution in [0.25, 0.3) is 0 Å². The summed E-state index contributed by atoms with van der Waals surface area (Å²) < 4.78 is 4.67. The molecule has 0 atom stereocenters. The van der Waals surface area contributed by atoms with Crippen LogP contribution >= 0.6 is 23.7 Å². The van der Waals surface area contributed by atoms with E-state index in [-0.39, 0.29) is 24.4 Å². The Labute approximate surface area is 134 Å². The number of methoxy groups -OCH3 is 1. The molecule has 1 fully saturated rings. The van der Waals surface area contributed by atoms with Gasteiger partial charge >= 0.3 is 5.97 Å². The Morgan fingerprint density at radius 2 is 2.14 bits per heavy atom. The monoisotopic (exact) mass is 333 g/mol. The van der Waals surface area contributed by atoms with Gasteiger partial charge in [-0.05, 0) is 24.3 Å². The molecule has 3 N–H and O–H groups in total. The molecule has 0 bridgehead atoms. The van der Waals surface area contributed by atoms with Crippen LogP contribution in [0.1, 0.15) is 22.5 Å². The zero-order valence-electron chi connectivity index (χ0n) is 11.8. The number of carbonyl (C=O) groups excluding carboxylic acids is 2. The van der Waals surface area contributed by atoms with Crippen molar-refractivity contribution in [1.82, 2.24) is 4.90 Å². The van der Waals surface area contributed by atoms with Crippen molar-refractivity contribution >= 4 is 41.3 Å². The quantitative estimate of drug-likeness (QED) is 0.812. The standard InChI is InChI=1S/C13H19N3O3S.ClH/c1-19-13(18)12-10(4-7-20-12)15-11(17)8-16-5-2-9(14)3-6-16;/h4,7,9H,2-3,5-6,8,14H2,1H3,(H,15,17);1H. The van der Waals surface area contributed by atoms with Gasteiger partial charge in [-0.25, -0.2) is 4.79 Å². The lowest BCUT2D eigenvalue weighted by molar-refractivity contribution is -0.117. The summed E-state index contributed by atoms with van der Waals surface area (Å²) in [5.41, 5.74) is 6.34. The first kappa shape index (κ1) is 17.9. The van der Waals surface area contributed by atoms with E-state index in [0.29, 0.717) is 17.1 Å². The zero-order chi connectivity index (χ0) is 14.5. The van der Waals surface area contributed by atoms with Crippen molar-refractivity contribution in [2.24, 2.45) is 5.73 Å². The highest BCUT2D eigenvalue weighted by atomic mass is 35.5. The average molecular weight is 334 g/mol. The minimum atomic E-state index is -0.431. The number of thiophene rings is 1. The Balaban J connectivity index is 0.00000220. The summed E-state index contributed by atoms with van der Waals surface area (Å²) in [6.07, 6.45) is 1.83. The van der Waals surface area contributed by atoms with E-state index in [1.165, 1.54) is 18.4 Å². The van der Waals surface area contributed by atoms with Gasteiger partial charge in [0.15, 0.2) is 0 Å². The summed E-state index contributed by atoms with van der Waals surface area (Å²) in [5.74, 6) is -0.553. The van der Waals surface area contributed by atoms with Gasteiger partial charge < -0.3 is 15.8 Å². The first-order valence-corrected chi connectivity index (χ1v) is 7.41. The molecule has 1 aromatic heterocycles. The van der Waals surface area contributed by atoms with Gasteiger partial charge in [-0.3, -0.25) is 9.69 Å². The van der Waals surface area contributed by atoms with E-state index < -0.39 is 5.97 Å². The van der Waals surface area contributed by atoms with E-state index in [2.05, 4.69) is 15.0 Å². The average Bonchev–Trinajstić information content (AvgIpc) is 2.88. The number of rotatable bonds is 4. The second-order valence-corrected chi connectivity index (χ2v) is 5.73. The molecule has 2 heterocycles. The number of esters is 1. The zero-order valence-corrected chi connectivity index (χ0v) is 13.5. The van der Waals surface area contributed by atoms with Crippen molar-refractivity contribution in [3.05, 3.63) is 16.3 Å². The van der Waals surface area contributed by atoms with Crippen molar-refractivity contribution in [3.63, 3.8) is 0 Å². The summed E-state index contributed by atoms with van der Waals surface area (Å²) in [6.45, 7) is 1.99. The van der Waals surface area contributed by atoms with Crippen LogP contribution in [-0.2, 0) is 9.53 Å². The van der Waals surface area contributed by atoms with Crippen LogP contribution in [0.5, 0.6) is 0 Å². The molecule has 1 aliphatic heterocycles. The number of nitrogens with two attached hydrogens (primary N) is 1. The molecule has 0 unspecified atom stereocenters. The molecular weight excluding hydrogens is 314 g/mol. The number of likely N-dealkylation sites (tertiary alicyclic amines) is 1. The number of nitrogens with one attached hydrogen (secondary N) is 1. The fraction of sp³-hybridized carbons (Fsp3) is 0.538. The molecule has 0 aromatic carbocycles. The molecule has 0 spiro atoms. The van der Waals surface area contributed by atoms with Gasteiger partial charge in [-0.15, -0.1) is 23.7 Å². The summed E-state index contributed by atoms with van der Waals surface area (Å²) in [7, 11) is 1.32. The number of carbonyl (C=O) groups is 2. The second kappa shape index (κ2) is 8.33.